The lowest BCUT2D eigenvalue weighted by atomic mass is 9.70. The molecule has 0 aromatic heterocycles. The lowest BCUT2D eigenvalue weighted by Crippen LogP contribution is -2.33. The van der Waals surface area contributed by atoms with Crippen LogP contribution in [0.15, 0.2) is 24.3 Å². The van der Waals surface area contributed by atoms with Gasteiger partial charge in [0.05, 0.1) is 7.11 Å². The fourth-order valence-corrected chi connectivity index (χ4v) is 3.51. The Labute approximate surface area is 130 Å². The first-order valence-electron chi connectivity index (χ1n) is 8.43. The summed E-state index contributed by atoms with van der Waals surface area (Å²) in [5.41, 5.74) is 1.85. The number of hydrogen-bond acceptors (Lipinski definition) is 2. The Bertz CT molecular complexity index is 431. The summed E-state index contributed by atoms with van der Waals surface area (Å²) in [5.74, 6) is 1.75. The van der Waals surface area contributed by atoms with Gasteiger partial charge in [-0.05, 0) is 56.0 Å². The number of para-hydroxylation sites is 1. The Morgan fingerprint density at radius 2 is 1.90 bits per heavy atom. The van der Waals surface area contributed by atoms with Crippen molar-refractivity contribution in [3.63, 3.8) is 0 Å². The summed E-state index contributed by atoms with van der Waals surface area (Å²) in [6.07, 6.45) is 6.46. The van der Waals surface area contributed by atoms with Crippen LogP contribution in [0.25, 0.3) is 0 Å². The molecule has 0 bridgehead atoms. The van der Waals surface area contributed by atoms with Gasteiger partial charge in [0.25, 0.3) is 0 Å². The molecule has 1 aliphatic carbocycles. The fraction of sp³-hybridized carbons (Fsp3) is 0.684. The summed E-state index contributed by atoms with van der Waals surface area (Å²) in [5, 5.41) is 3.78. The van der Waals surface area contributed by atoms with Crippen molar-refractivity contribution in [2.24, 2.45) is 11.3 Å². The minimum atomic E-state index is 0.428. The van der Waals surface area contributed by atoms with Gasteiger partial charge < -0.3 is 10.1 Å². The Balaban J connectivity index is 2.18. The highest BCUT2D eigenvalue weighted by Crippen LogP contribution is 2.44. The molecule has 1 aliphatic rings. The molecule has 0 aliphatic heterocycles. The van der Waals surface area contributed by atoms with Crippen LogP contribution in [0.3, 0.4) is 0 Å². The number of benzene rings is 1. The second kappa shape index (κ2) is 7.31. The van der Waals surface area contributed by atoms with E-state index >= 15 is 0 Å². The second-order valence-electron chi connectivity index (χ2n) is 7.18. The Morgan fingerprint density at radius 3 is 2.52 bits per heavy atom. The molecule has 2 heteroatoms. The van der Waals surface area contributed by atoms with E-state index in [1.165, 1.54) is 37.7 Å². The molecule has 0 heterocycles. The molecule has 21 heavy (non-hydrogen) atoms. The molecule has 1 N–H and O–H groups in total. The molecule has 1 atom stereocenters. The molecule has 0 spiro atoms. The fourth-order valence-electron chi connectivity index (χ4n) is 3.51. The molecule has 0 amide bonds. The number of ether oxygens (including phenoxy) is 1. The van der Waals surface area contributed by atoms with Crippen LogP contribution in [0, 0.1) is 11.3 Å². The lowest BCUT2D eigenvalue weighted by Gasteiger charge is -2.39. The van der Waals surface area contributed by atoms with E-state index in [-0.39, 0.29) is 0 Å². The van der Waals surface area contributed by atoms with Crippen molar-refractivity contribution in [2.45, 2.75) is 58.9 Å². The number of hydrogen-bond donors (Lipinski definition) is 1. The molecular formula is C19H31NO. The first kappa shape index (κ1) is 16.4. The summed E-state index contributed by atoms with van der Waals surface area (Å²) in [6.45, 7) is 8.11. The summed E-state index contributed by atoms with van der Waals surface area (Å²) >= 11 is 0. The molecule has 1 aromatic carbocycles. The maximum Gasteiger partial charge on any atom is 0.123 e. The molecule has 0 saturated heterocycles. The maximum absolute atomic E-state index is 5.60. The highest BCUT2D eigenvalue weighted by molar-refractivity contribution is 5.36. The zero-order valence-corrected chi connectivity index (χ0v) is 14.1. The predicted molar refractivity (Wildman–Crippen MR) is 89.8 cm³/mol. The first-order chi connectivity index (χ1) is 10.1. The lowest BCUT2D eigenvalue weighted by molar-refractivity contribution is 0.160. The SMILES string of the molecule is CCCNC(c1ccccc1OC)C1CCC(C)(C)CC1. The van der Waals surface area contributed by atoms with E-state index in [1.54, 1.807) is 7.11 Å². The van der Waals surface area contributed by atoms with E-state index in [9.17, 15) is 0 Å². The van der Waals surface area contributed by atoms with Crippen molar-refractivity contribution in [2.75, 3.05) is 13.7 Å². The van der Waals surface area contributed by atoms with E-state index in [0.29, 0.717) is 11.5 Å². The normalized spacial score (nSPS) is 20.2. The van der Waals surface area contributed by atoms with Crippen molar-refractivity contribution in [1.29, 1.82) is 0 Å². The standard InChI is InChI=1S/C19H31NO/c1-5-14-20-18(15-10-12-19(2,3)13-11-15)16-8-6-7-9-17(16)21-4/h6-9,15,18,20H,5,10-14H2,1-4H3. The van der Waals surface area contributed by atoms with Crippen LogP contribution in [-0.4, -0.2) is 13.7 Å². The summed E-state index contributed by atoms with van der Waals surface area (Å²) < 4.78 is 5.60. The smallest absolute Gasteiger partial charge is 0.123 e. The third-order valence-corrected chi connectivity index (χ3v) is 4.94. The van der Waals surface area contributed by atoms with Gasteiger partial charge in [-0.3, -0.25) is 0 Å². The highest BCUT2D eigenvalue weighted by Gasteiger charge is 2.32. The van der Waals surface area contributed by atoms with Gasteiger partial charge in [0.15, 0.2) is 0 Å². The van der Waals surface area contributed by atoms with Crippen molar-refractivity contribution >= 4 is 0 Å². The minimum absolute atomic E-state index is 0.428. The van der Waals surface area contributed by atoms with Gasteiger partial charge in [0, 0.05) is 11.6 Å². The topological polar surface area (TPSA) is 21.3 Å². The van der Waals surface area contributed by atoms with Gasteiger partial charge in [-0.25, -0.2) is 0 Å². The quantitative estimate of drug-likeness (QED) is 0.800. The van der Waals surface area contributed by atoms with Crippen molar-refractivity contribution < 1.29 is 4.74 Å². The van der Waals surface area contributed by atoms with Crippen LogP contribution in [0.2, 0.25) is 0 Å². The van der Waals surface area contributed by atoms with E-state index in [0.717, 1.165) is 18.2 Å². The van der Waals surface area contributed by atoms with E-state index in [4.69, 9.17) is 4.74 Å². The molecule has 0 radical (unpaired) electrons. The number of nitrogens with one attached hydrogen (secondary N) is 1. The highest BCUT2D eigenvalue weighted by atomic mass is 16.5. The van der Waals surface area contributed by atoms with Gasteiger partial charge in [-0.1, -0.05) is 39.0 Å². The Hall–Kier alpha value is -1.02. The monoisotopic (exact) mass is 289 g/mol. The van der Waals surface area contributed by atoms with Gasteiger partial charge in [-0.15, -0.1) is 0 Å². The molecule has 118 valence electrons. The predicted octanol–water partition coefficient (Wildman–Crippen LogP) is 4.95. The van der Waals surface area contributed by atoms with Gasteiger partial charge in [-0.2, -0.15) is 0 Å². The van der Waals surface area contributed by atoms with Crippen LogP contribution < -0.4 is 10.1 Å². The molecule has 1 fully saturated rings. The average molecular weight is 289 g/mol. The Kier molecular flexibility index (Phi) is 5.69. The second-order valence-corrected chi connectivity index (χ2v) is 7.18. The molecule has 1 aromatic rings. The molecule has 2 rings (SSSR count). The molecular weight excluding hydrogens is 258 g/mol. The van der Waals surface area contributed by atoms with Crippen molar-refractivity contribution in [3.8, 4) is 5.75 Å². The van der Waals surface area contributed by atoms with Gasteiger partial charge in [0.2, 0.25) is 0 Å². The van der Waals surface area contributed by atoms with Crippen LogP contribution in [0.4, 0.5) is 0 Å². The number of methoxy groups -OCH3 is 1. The van der Waals surface area contributed by atoms with Crippen LogP contribution in [0.1, 0.15) is 64.5 Å². The average Bonchev–Trinajstić information content (AvgIpc) is 2.49. The van der Waals surface area contributed by atoms with Gasteiger partial charge >= 0.3 is 0 Å². The van der Waals surface area contributed by atoms with E-state index < -0.39 is 0 Å². The van der Waals surface area contributed by atoms with Crippen LogP contribution in [0.5, 0.6) is 5.75 Å². The Morgan fingerprint density at radius 1 is 1.24 bits per heavy atom. The first-order valence-corrected chi connectivity index (χ1v) is 8.43. The van der Waals surface area contributed by atoms with Crippen LogP contribution >= 0.6 is 0 Å². The molecule has 2 nitrogen and oxygen atoms in total. The zero-order valence-electron chi connectivity index (χ0n) is 14.1. The molecule has 1 unspecified atom stereocenters. The zero-order chi connectivity index (χ0) is 15.3. The van der Waals surface area contributed by atoms with E-state index in [2.05, 4.69) is 50.4 Å². The minimum Gasteiger partial charge on any atom is -0.496 e. The third kappa shape index (κ3) is 4.23. The van der Waals surface area contributed by atoms with Crippen molar-refractivity contribution in [1.82, 2.24) is 5.32 Å². The van der Waals surface area contributed by atoms with Crippen molar-refractivity contribution in [3.05, 3.63) is 29.8 Å². The molecule has 1 saturated carbocycles. The summed E-state index contributed by atoms with van der Waals surface area (Å²) in [7, 11) is 1.78. The summed E-state index contributed by atoms with van der Waals surface area (Å²) in [4.78, 5) is 0. The maximum atomic E-state index is 5.60. The summed E-state index contributed by atoms with van der Waals surface area (Å²) in [6, 6.07) is 8.93. The van der Waals surface area contributed by atoms with Crippen LogP contribution in [-0.2, 0) is 0 Å². The number of rotatable bonds is 6. The van der Waals surface area contributed by atoms with Gasteiger partial charge in [0.1, 0.15) is 5.75 Å². The van der Waals surface area contributed by atoms with E-state index in [1.807, 2.05) is 0 Å². The third-order valence-electron chi connectivity index (χ3n) is 4.94. The largest absolute Gasteiger partial charge is 0.496 e.